The highest BCUT2D eigenvalue weighted by Crippen LogP contribution is 2.40. The zero-order valence-corrected chi connectivity index (χ0v) is 10.6. The molecule has 1 aromatic rings. The Hall–Kier alpha value is -0.610. The van der Waals surface area contributed by atoms with Crippen LogP contribution in [0.15, 0.2) is 16.6 Å². The highest BCUT2D eigenvalue weighted by atomic mass is 79.9. The molecule has 0 aromatic heterocycles. The second-order valence-electron chi connectivity index (χ2n) is 4.64. The number of halogens is 2. The molecule has 0 bridgehead atoms. The monoisotopic (exact) mass is 275 g/mol. The minimum atomic E-state index is -0.645. The Kier molecular flexibility index (Phi) is 3.41. The quantitative estimate of drug-likeness (QED) is 0.826. The van der Waals surface area contributed by atoms with Crippen molar-refractivity contribution >= 4 is 15.9 Å². The molecule has 0 saturated heterocycles. The molecule has 0 aliphatic carbocycles. The van der Waals surface area contributed by atoms with Crippen molar-refractivity contribution in [3.8, 4) is 5.75 Å². The summed E-state index contributed by atoms with van der Waals surface area (Å²) in [7, 11) is 0. The van der Waals surface area contributed by atoms with Gasteiger partial charge in [0.1, 0.15) is 0 Å². The minimum Gasteiger partial charge on any atom is -0.505 e. The van der Waals surface area contributed by atoms with E-state index in [2.05, 4.69) is 15.9 Å². The van der Waals surface area contributed by atoms with Gasteiger partial charge in [0.25, 0.3) is 0 Å². The zero-order valence-electron chi connectivity index (χ0n) is 9.01. The van der Waals surface area contributed by atoms with Gasteiger partial charge in [-0.3, -0.25) is 0 Å². The summed E-state index contributed by atoms with van der Waals surface area (Å²) in [6.07, 6.45) is 0. The van der Waals surface area contributed by atoms with Crippen LogP contribution < -0.4 is 5.73 Å². The van der Waals surface area contributed by atoms with Gasteiger partial charge >= 0.3 is 0 Å². The molecule has 2 nitrogen and oxygen atoms in total. The zero-order chi connectivity index (χ0) is 11.8. The molecule has 0 amide bonds. The van der Waals surface area contributed by atoms with Crippen LogP contribution in [-0.2, 0) is 0 Å². The SMILES string of the molecule is CC(C)(C)[C@H](N)c1c(Br)ccc(F)c1O. The van der Waals surface area contributed by atoms with E-state index >= 15 is 0 Å². The molecule has 0 aliphatic rings. The average molecular weight is 276 g/mol. The van der Waals surface area contributed by atoms with Crippen molar-refractivity contribution in [3.05, 3.63) is 28.0 Å². The van der Waals surface area contributed by atoms with Crippen LogP contribution in [0.5, 0.6) is 5.75 Å². The number of nitrogens with two attached hydrogens (primary N) is 1. The summed E-state index contributed by atoms with van der Waals surface area (Å²) < 4.78 is 13.8. The maximum atomic E-state index is 13.2. The van der Waals surface area contributed by atoms with Crippen LogP contribution in [0.25, 0.3) is 0 Å². The van der Waals surface area contributed by atoms with Crippen LogP contribution in [0.3, 0.4) is 0 Å². The van der Waals surface area contributed by atoms with E-state index in [1.807, 2.05) is 20.8 Å². The first-order chi connectivity index (χ1) is 6.75. The first-order valence-corrected chi connectivity index (χ1v) is 5.47. The van der Waals surface area contributed by atoms with Crippen molar-refractivity contribution in [1.82, 2.24) is 0 Å². The molecule has 4 heteroatoms. The van der Waals surface area contributed by atoms with Gasteiger partial charge in [-0.1, -0.05) is 36.7 Å². The van der Waals surface area contributed by atoms with E-state index in [4.69, 9.17) is 5.73 Å². The fourth-order valence-corrected chi connectivity index (χ4v) is 1.85. The summed E-state index contributed by atoms with van der Waals surface area (Å²) in [4.78, 5) is 0. The predicted molar refractivity (Wildman–Crippen MR) is 62.1 cm³/mol. The largest absolute Gasteiger partial charge is 0.505 e. The number of phenols is 1. The van der Waals surface area contributed by atoms with E-state index in [9.17, 15) is 9.50 Å². The molecule has 0 heterocycles. The topological polar surface area (TPSA) is 46.2 Å². The van der Waals surface area contributed by atoms with E-state index in [-0.39, 0.29) is 11.2 Å². The number of benzene rings is 1. The number of hydrogen-bond acceptors (Lipinski definition) is 2. The Bertz CT molecular complexity index is 374. The molecule has 0 aliphatic heterocycles. The molecule has 0 unspecified atom stereocenters. The van der Waals surface area contributed by atoms with Gasteiger partial charge in [0.2, 0.25) is 0 Å². The number of aromatic hydroxyl groups is 1. The van der Waals surface area contributed by atoms with E-state index in [0.717, 1.165) is 0 Å². The van der Waals surface area contributed by atoms with E-state index in [0.29, 0.717) is 10.0 Å². The summed E-state index contributed by atoms with van der Waals surface area (Å²) in [5.74, 6) is -1.01. The third kappa shape index (κ3) is 2.49. The van der Waals surface area contributed by atoms with Gasteiger partial charge in [-0.15, -0.1) is 0 Å². The Morgan fingerprint density at radius 2 is 1.93 bits per heavy atom. The lowest BCUT2D eigenvalue weighted by Gasteiger charge is -2.28. The maximum absolute atomic E-state index is 13.2. The first-order valence-electron chi connectivity index (χ1n) is 4.67. The Labute approximate surface area is 97.4 Å². The standard InChI is InChI=1S/C11H15BrFNO/c1-11(2,3)10(14)8-6(12)4-5-7(13)9(8)15/h4-5,10,15H,14H2,1-3H3/t10-/m1/s1. The molecule has 0 spiro atoms. The second kappa shape index (κ2) is 4.10. The number of rotatable bonds is 1. The van der Waals surface area contributed by atoms with Gasteiger partial charge in [0.05, 0.1) is 0 Å². The summed E-state index contributed by atoms with van der Waals surface area (Å²) in [5, 5.41) is 9.63. The minimum absolute atomic E-state index is 0.242. The van der Waals surface area contributed by atoms with Gasteiger partial charge in [-0.05, 0) is 17.5 Å². The molecular weight excluding hydrogens is 261 g/mol. The molecular formula is C11H15BrFNO. The fraction of sp³-hybridized carbons (Fsp3) is 0.455. The molecule has 1 aromatic carbocycles. The summed E-state index contributed by atoms with van der Waals surface area (Å²) in [6.45, 7) is 5.82. The maximum Gasteiger partial charge on any atom is 0.165 e. The van der Waals surface area contributed by atoms with Gasteiger partial charge in [-0.2, -0.15) is 0 Å². The summed E-state index contributed by atoms with van der Waals surface area (Å²) >= 11 is 3.27. The molecule has 84 valence electrons. The Balaban J connectivity index is 3.31. The van der Waals surface area contributed by atoms with Crippen LogP contribution in [0.4, 0.5) is 4.39 Å². The van der Waals surface area contributed by atoms with Gasteiger partial charge in [0, 0.05) is 16.1 Å². The van der Waals surface area contributed by atoms with E-state index in [1.165, 1.54) is 6.07 Å². The van der Waals surface area contributed by atoms with Gasteiger partial charge in [-0.25, -0.2) is 4.39 Å². The van der Waals surface area contributed by atoms with Gasteiger partial charge in [0.15, 0.2) is 11.6 Å². The van der Waals surface area contributed by atoms with E-state index in [1.54, 1.807) is 6.07 Å². The first kappa shape index (κ1) is 12.5. The lowest BCUT2D eigenvalue weighted by molar-refractivity contribution is 0.312. The third-order valence-corrected chi connectivity index (χ3v) is 3.05. The number of hydrogen-bond donors (Lipinski definition) is 2. The van der Waals surface area contributed by atoms with Crippen molar-refractivity contribution < 1.29 is 9.50 Å². The van der Waals surface area contributed by atoms with Crippen LogP contribution in [0, 0.1) is 11.2 Å². The second-order valence-corrected chi connectivity index (χ2v) is 5.49. The van der Waals surface area contributed by atoms with Gasteiger partial charge < -0.3 is 10.8 Å². The average Bonchev–Trinajstić information content (AvgIpc) is 2.10. The molecule has 0 fully saturated rings. The normalized spacial score (nSPS) is 14.0. The molecule has 3 N–H and O–H groups in total. The lowest BCUT2D eigenvalue weighted by Crippen LogP contribution is -2.26. The smallest absolute Gasteiger partial charge is 0.165 e. The third-order valence-electron chi connectivity index (χ3n) is 2.36. The molecule has 0 saturated carbocycles. The van der Waals surface area contributed by atoms with Crippen LogP contribution in [0.2, 0.25) is 0 Å². The highest BCUT2D eigenvalue weighted by molar-refractivity contribution is 9.10. The van der Waals surface area contributed by atoms with Crippen LogP contribution in [0.1, 0.15) is 32.4 Å². The molecule has 1 rings (SSSR count). The molecule has 0 radical (unpaired) electrons. The fourth-order valence-electron chi connectivity index (χ4n) is 1.29. The summed E-state index contributed by atoms with van der Waals surface area (Å²) in [5.41, 5.74) is 6.16. The summed E-state index contributed by atoms with van der Waals surface area (Å²) in [6, 6.07) is 2.33. The van der Waals surface area contributed by atoms with Crippen molar-refractivity contribution in [2.75, 3.05) is 0 Å². The number of phenolic OH excluding ortho intramolecular Hbond substituents is 1. The highest BCUT2D eigenvalue weighted by Gasteiger charge is 2.27. The van der Waals surface area contributed by atoms with Crippen molar-refractivity contribution in [1.29, 1.82) is 0 Å². The molecule has 15 heavy (non-hydrogen) atoms. The van der Waals surface area contributed by atoms with Crippen LogP contribution >= 0.6 is 15.9 Å². The van der Waals surface area contributed by atoms with E-state index < -0.39 is 11.9 Å². The van der Waals surface area contributed by atoms with Crippen molar-refractivity contribution in [2.45, 2.75) is 26.8 Å². The van der Waals surface area contributed by atoms with Crippen LogP contribution in [-0.4, -0.2) is 5.11 Å². The molecule has 1 atom stereocenters. The van der Waals surface area contributed by atoms with Crippen molar-refractivity contribution in [3.63, 3.8) is 0 Å². The lowest BCUT2D eigenvalue weighted by atomic mass is 9.82. The Morgan fingerprint density at radius 3 is 2.40 bits per heavy atom. The van der Waals surface area contributed by atoms with Crippen molar-refractivity contribution in [2.24, 2.45) is 11.1 Å². The predicted octanol–water partition coefficient (Wildman–Crippen LogP) is 3.34. The Morgan fingerprint density at radius 1 is 1.40 bits per heavy atom.